The maximum atomic E-state index is 11.9. The van der Waals surface area contributed by atoms with Gasteiger partial charge in [-0.25, -0.2) is 0 Å². The Labute approximate surface area is 130 Å². The van der Waals surface area contributed by atoms with Crippen LogP contribution < -0.4 is 14.8 Å². The number of amides is 1. The van der Waals surface area contributed by atoms with E-state index in [9.17, 15) is 4.79 Å². The van der Waals surface area contributed by atoms with E-state index >= 15 is 0 Å². The van der Waals surface area contributed by atoms with E-state index in [1.165, 1.54) is 0 Å². The molecule has 0 spiro atoms. The fraction of sp³-hybridized carbons (Fsp3) is 0.294. The lowest BCUT2D eigenvalue weighted by Gasteiger charge is -2.11. The van der Waals surface area contributed by atoms with Gasteiger partial charge in [-0.3, -0.25) is 9.78 Å². The topological polar surface area (TPSA) is 60.5 Å². The van der Waals surface area contributed by atoms with Gasteiger partial charge in [0.25, 0.3) is 0 Å². The summed E-state index contributed by atoms with van der Waals surface area (Å²) in [4.78, 5) is 15.8. The molecule has 5 heteroatoms. The van der Waals surface area contributed by atoms with Crippen LogP contribution in [-0.4, -0.2) is 31.7 Å². The molecule has 1 heterocycles. The minimum absolute atomic E-state index is 0.00642. The minimum Gasteiger partial charge on any atom is -0.497 e. The largest absolute Gasteiger partial charge is 0.497 e. The molecule has 0 bridgehead atoms. The van der Waals surface area contributed by atoms with Crippen LogP contribution >= 0.6 is 0 Å². The molecular weight excluding hydrogens is 280 g/mol. The molecule has 116 valence electrons. The van der Waals surface area contributed by atoms with Gasteiger partial charge in [-0.2, -0.15) is 0 Å². The standard InChI is InChI=1S/C17H20N2O3/c1-21-15-3-4-16(22-2)14(12-15)7-10-19-17(20)11-13-5-8-18-9-6-13/h3-6,8-9,12H,7,10-11H2,1-2H3,(H,19,20). The van der Waals surface area contributed by atoms with Crippen LogP contribution in [-0.2, 0) is 17.6 Å². The first-order valence-electron chi connectivity index (χ1n) is 7.09. The van der Waals surface area contributed by atoms with E-state index < -0.39 is 0 Å². The number of nitrogens with zero attached hydrogens (tertiary/aromatic N) is 1. The average Bonchev–Trinajstić information content (AvgIpc) is 2.55. The fourth-order valence-corrected chi connectivity index (χ4v) is 2.16. The second-order valence-electron chi connectivity index (χ2n) is 4.81. The van der Waals surface area contributed by atoms with Crippen molar-refractivity contribution in [3.05, 3.63) is 53.9 Å². The van der Waals surface area contributed by atoms with E-state index in [2.05, 4.69) is 10.3 Å². The lowest BCUT2D eigenvalue weighted by molar-refractivity contribution is -0.120. The number of hydrogen-bond acceptors (Lipinski definition) is 4. The van der Waals surface area contributed by atoms with Gasteiger partial charge in [-0.15, -0.1) is 0 Å². The molecule has 0 aliphatic carbocycles. The summed E-state index contributed by atoms with van der Waals surface area (Å²) in [6.07, 6.45) is 4.41. The summed E-state index contributed by atoms with van der Waals surface area (Å²) in [5, 5.41) is 2.91. The van der Waals surface area contributed by atoms with Crippen LogP contribution in [0.3, 0.4) is 0 Å². The van der Waals surface area contributed by atoms with Crippen LogP contribution in [0, 0.1) is 0 Å². The van der Waals surface area contributed by atoms with Crippen LogP contribution in [0.1, 0.15) is 11.1 Å². The quantitative estimate of drug-likeness (QED) is 0.849. The molecule has 0 saturated carbocycles. The molecule has 1 aromatic carbocycles. The lowest BCUT2D eigenvalue weighted by Crippen LogP contribution is -2.27. The van der Waals surface area contributed by atoms with E-state index in [0.717, 1.165) is 22.6 Å². The highest BCUT2D eigenvalue weighted by Gasteiger charge is 2.07. The van der Waals surface area contributed by atoms with Crippen molar-refractivity contribution in [3.63, 3.8) is 0 Å². The van der Waals surface area contributed by atoms with Gasteiger partial charge in [0.2, 0.25) is 5.91 Å². The number of carbonyl (C=O) groups excluding carboxylic acids is 1. The summed E-state index contributed by atoms with van der Waals surface area (Å²) in [7, 11) is 3.26. The van der Waals surface area contributed by atoms with Crippen LogP contribution in [0.5, 0.6) is 11.5 Å². The Morgan fingerprint density at radius 1 is 1.14 bits per heavy atom. The zero-order valence-electron chi connectivity index (χ0n) is 12.8. The molecule has 0 unspecified atom stereocenters. The molecule has 0 fully saturated rings. The van der Waals surface area contributed by atoms with Gasteiger partial charge < -0.3 is 14.8 Å². The smallest absolute Gasteiger partial charge is 0.224 e. The van der Waals surface area contributed by atoms with Crippen LogP contribution in [0.2, 0.25) is 0 Å². The Balaban J connectivity index is 1.86. The maximum Gasteiger partial charge on any atom is 0.224 e. The number of methoxy groups -OCH3 is 2. The third-order valence-corrected chi connectivity index (χ3v) is 3.32. The minimum atomic E-state index is -0.00642. The van der Waals surface area contributed by atoms with Gasteiger partial charge in [0.1, 0.15) is 11.5 Å². The Kier molecular flexibility index (Phi) is 5.77. The van der Waals surface area contributed by atoms with E-state index in [4.69, 9.17) is 9.47 Å². The van der Waals surface area contributed by atoms with Gasteiger partial charge in [0.15, 0.2) is 0 Å². The first kappa shape index (κ1) is 15.8. The molecule has 0 atom stereocenters. The average molecular weight is 300 g/mol. The highest BCUT2D eigenvalue weighted by Crippen LogP contribution is 2.24. The number of nitrogens with one attached hydrogen (secondary N) is 1. The summed E-state index contributed by atoms with van der Waals surface area (Å²) in [6.45, 7) is 0.549. The second-order valence-corrected chi connectivity index (χ2v) is 4.81. The molecule has 0 radical (unpaired) electrons. The first-order valence-corrected chi connectivity index (χ1v) is 7.09. The molecule has 1 N–H and O–H groups in total. The van der Waals surface area contributed by atoms with Crippen LogP contribution in [0.15, 0.2) is 42.7 Å². The summed E-state index contributed by atoms with van der Waals surface area (Å²) >= 11 is 0. The highest BCUT2D eigenvalue weighted by molar-refractivity contribution is 5.78. The van der Waals surface area contributed by atoms with Crippen molar-refractivity contribution in [2.24, 2.45) is 0 Å². The Morgan fingerprint density at radius 2 is 1.91 bits per heavy atom. The molecule has 0 aliphatic rings. The molecule has 2 rings (SSSR count). The zero-order chi connectivity index (χ0) is 15.8. The molecular formula is C17H20N2O3. The number of carbonyl (C=O) groups is 1. The highest BCUT2D eigenvalue weighted by atomic mass is 16.5. The first-order chi connectivity index (χ1) is 10.7. The number of benzene rings is 1. The van der Waals surface area contributed by atoms with Gasteiger partial charge in [0.05, 0.1) is 20.6 Å². The fourth-order valence-electron chi connectivity index (χ4n) is 2.16. The van der Waals surface area contributed by atoms with Crippen molar-refractivity contribution in [1.82, 2.24) is 10.3 Å². The Bertz CT molecular complexity index is 615. The van der Waals surface area contributed by atoms with E-state index in [0.29, 0.717) is 19.4 Å². The van der Waals surface area contributed by atoms with E-state index in [-0.39, 0.29) is 5.91 Å². The normalized spacial score (nSPS) is 10.1. The van der Waals surface area contributed by atoms with E-state index in [1.807, 2.05) is 30.3 Å². The molecule has 0 aliphatic heterocycles. The van der Waals surface area contributed by atoms with Gasteiger partial charge in [-0.1, -0.05) is 0 Å². The van der Waals surface area contributed by atoms with Crippen LogP contribution in [0.4, 0.5) is 0 Å². The predicted molar refractivity (Wildman–Crippen MR) is 84.2 cm³/mol. The van der Waals surface area contributed by atoms with Crippen molar-refractivity contribution < 1.29 is 14.3 Å². The Hall–Kier alpha value is -2.56. The third-order valence-electron chi connectivity index (χ3n) is 3.32. The molecule has 2 aromatic rings. The predicted octanol–water partition coefficient (Wildman–Crippen LogP) is 2.00. The number of pyridine rings is 1. The van der Waals surface area contributed by atoms with Gasteiger partial charge >= 0.3 is 0 Å². The number of ether oxygens (including phenoxy) is 2. The monoisotopic (exact) mass is 300 g/mol. The lowest BCUT2D eigenvalue weighted by atomic mass is 10.1. The van der Waals surface area contributed by atoms with Gasteiger partial charge in [0, 0.05) is 18.9 Å². The van der Waals surface area contributed by atoms with Gasteiger partial charge in [-0.05, 0) is 47.9 Å². The Morgan fingerprint density at radius 3 is 2.59 bits per heavy atom. The van der Waals surface area contributed by atoms with Crippen molar-refractivity contribution in [3.8, 4) is 11.5 Å². The molecule has 1 amide bonds. The van der Waals surface area contributed by atoms with E-state index in [1.54, 1.807) is 26.6 Å². The number of hydrogen-bond donors (Lipinski definition) is 1. The maximum absolute atomic E-state index is 11.9. The number of aromatic nitrogens is 1. The molecule has 1 aromatic heterocycles. The van der Waals surface area contributed by atoms with Crippen molar-refractivity contribution >= 4 is 5.91 Å². The van der Waals surface area contributed by atoms with Crippen LogP contribution in [0.25, 0.3) is 0 Å². The summed E-state index contributed by atoms with van der Waals surface area (Å²) in [5.74, 6) is 1.57. The zero-order valence-corrected chi connectivity index (χ0v) is 12.8. The molecule has 0 saturated heterocycles. The number of rotatable bonds is 7. The summed E-state index contributed by atoms with van der Waals surface area (Å²) < 4.78 is 10.5. The van der Waals surface area contributed by atoms with Crippen molar-refractivity contribution in [1.29, 1.82) is 0 Å². The molecule has 5 nitrogen and oxygen atoms in total. The molecule has 22 heavy (non-hydrogen) atoms. The van der Waals surface area contributed by atoms with Crippen molar-refractivity contribution in [2.75, 3.05) is 20.8 Å². The van der Waals surface area contributed by atoms with Crippen molar-refractivity contribution in [2.45, 2.75) is 12.8 Å². The SMILES string of the molecule is COc1ccc(OC)c(CCNC(=O)Cc2ccncc2)c1. The summed E-state index contributed by atoms with van der Waals surface area (Å²) in [6, 6.07) is 9.32. The third kappa shape index (κ3) is 4.48. The second kappa shape index (κ2) is 8.02. The summed E-state index contributed by atoms with van der Waals surface area (Å²) in [5.41, 5.74) is 1.96.